The summed E-state index contributed by atoms with van der Waals surface area (Å²) in [5, 5.41) is 6.53. The van der Waals surface area contributed by atoms with E-state index in [0.717, 1.165) is 35.4 Å². The average molecular weight is 579 g/mol. The molecule has 1 aliphatic carbocycles. The lowest BCUT2D eigenvalue weighted by Gasteiger charge is -2.45. The van der Waals surface area contributed by atoms with Gasteiger partial charge in [-0.25, -0.2) is 4.79 Å². The normalized spacial score (nSPS) is 16.3. The first-order chi connectivity index (χ1) is 18.3. The lowest BCUT2D eigenvalue weighted by molar-refractivity contribution is -0.143. The number of rotatable bonds is 11. The van der Waals surface area contributed by atoms with Crippen LogP contribution in [0.15, 0.2) is 24.3 Å². The van der Waals surface area contributed by atoms with Crippen molar-refractivity contribution < 1.29 is 28.6 Å². The van der Waals surface area contributed by atoms with E-state index < -0.39 is 17.8 Å². The summed E-state index contributed by atoms with van der Waals surface area (Å²) in [6, 6.07) is 8.25. The standard InChI is InChI=1S/C29H39ClN2O6S/c1-7-37-22(34)11-12-31-21(33)16-38-24-23(30)25(39-26(24)27(35)36-6)18-9-8-10-19(13-18)32-20-14-28(2,3)17-29(4,5)15-20/h8-10,13,20,32H,7,11-12,14-17H2,1-6H3,(H,31,33). The molecule has 1 amide bonds. The minimum atomic E-state index is -0.605. The molecule has 2 aromatic rings. The molecule has 0 bridgehead atoms. The van der Waals surface area contributed by atoms with Crippen LogP contribution in [-0.2, 0) is 19.1 Å². The van der Waals surface area contributed by atoms with Crippen LogP contribution in [0.4, 0.5) is 5.69 Å². The number of ether oxygens (including phenoxy) is 3. The number of amides is 1. The Labute approximate surface area is 239 Å². The number of carbonyl (C=O) groups excluding carboxylic acids is 3. The van der Waals surface area contributed by atoms with Gasteiger partial charge in [-0.05, 0) is 54.7 Å². The number of anilines is 1. The minimum Gasteiger partial charge on any atom is -0.480 e. The number of hydrogen-bond donors (Lipinski definition) is 2. The Balaban J connectivity index is 1.76. The smallest absolute Gasteiger partial charge is 0.351 e. The summed E-state index contributed by atoms with van der Waals surface area (Å²) in [7, 11) is 1.28. The second kappa shape index (κ2) is 13.0. The van der Waals surface area contributed by atoms with Crippen molar-refractivity contribution in [2.45, 2.75) is 66.3 Å². The van der Waals surface area contributed by atoms with E-state index in [0.29, 0.717) is 10.9 Å². The van der Waals surface area contributed by atoms with Crippen LogP contribution >= 0.6 is 22.9 Å². The lowest BCUT2D eigenvalue weighted by atomic mass is 9.63. The van der Waals surface area contributed by atoms with Gasteiger partial charge in [0.25, 0.3) is 5.91 Å². The van der Waals surface area contributed by atoms with E-state index in [-0.39, 0.29) is 52.7 Å². The van der Waals surface area contributed by atoms with Crippen LogP contribution in [0, 0.1) is 10.8 Å². The van der Waals surface area contributed by atoms with E-state index in [9.17, 15) is 14.4 Å². The second-order valence-corrected chi connectivity index (χ2v) is 12.8. The topological polar surface area (TPSA) is 103 Å². The van der Waals surface area contributed by atoms with Crippen molar-refractivity contribution in [3.05, 3.63) is 34.2 Å². The second-order valence-electron chi connectivity index (χ2n) is 11.4. The van der Waals surface area contributed by atoms with Gasteiger partial charge < -0.3 is 24.8 Å². The van der Waals surface area contributed by atoms with E-state index in [1.54, 1.807) is 6.92 Å². The zero-order valence-electron chi connectivity index (χ0n) is 23.6. The Morgan fingerprint density at radius 3 is 2.46 bits per heavy atom. The molecule has 10 heteroatoms. The number of hydrogen-bond acceptors (Lipinski definition) is 8. The summed E-state index contributed by atoms with van der Waals surface area (Å²) in [4.78, 5) is 37.1. The summed E-state index contributed by atoms with van der Waals surface area (Å²) in [5.41, 5.74) is 2.29. The fraction of sp³-hybridized carbons (Fsp3) is 0.552. The molecule has 39 heavy (non-hydrogen) atoms. The Hall–Kier alpha value is -2.78. The zero-order chi connectivity index (χ0) is 28.8. The average Bonchev–Trinajstić information content (AvgIpc) is 3.16. The molecule has 3 rings (SSSR count). The maximum atomic E-state index is 12.5. The summed E-state index contributed by atoms with van der Waals surface area (Å²) in [6.07, 6.45) is 3.39. The predicted octanol–water partition coefficient (Wildman–Crippen LogP) is 6.32. The van der Waals surface area contributed by atoms with Crippen LogP contribution in [0.3, 0.4) is 0 Å². The first kappa shape index (κ1) is 30.8. The molecule has 0 radical (unpaired) electrons. The van der Waals surface area contributed by atoms with E-state index in [1.807, 2.05) is 24.3 Å². The van der Waals surface area contributed by atoms with Crippen molar-refractivity contribution in [2.24, 2.45) is 10.8 Å². The molecule has 8 nitrogen and oxygen atoms in total. The molecule has 1 aromatic heterocycles. The van der Waals surface area contributed by atoms with Gasteiger partial charge in [0.15, 0.2) is 17.2 Å². The largest absolute Gasteiger partial charge is 0.480 e. The van der Waals surface area contributed by atoms with Gasteiger partial charge in [-0.2, -0.15) is 0 Å². The number of methoxy groups -OCH3 is 1. The third-order valence-corrected chi connectivity index (χ3v) is 8.21. The summed E-state index contributed by atoms with van der Waals surface area (Å²) in [5.74, 6) is -1.36. The molecule has 214 valence electrons. The quantitative estimate of drug-likeness (QED) is 0.301. The van der Waals surface area contributed by atoms with Crippen LogP contribution in [0.5, 0.6) is 5.75 Å². The fourth-order valence-corrected chi connectivity index (χ4v) is 7.08. The van der Waals surface area contributed by atoms with Crippen molar-refractivity contribution >= 4 is 46.5 Å². The molecule has 0 atom stereocenters. The molecule has 0 unspecified atom stereocenters. The first-order valence-corrected chi connectivity index (χ1v) is 14.4. The van der Waals surface area contributed by atoms with Crippen molar-refractivity contribution in [1.82, 2.24) is 5.32 Å². The zero-order valence-corrected chi connectivity index (χ0v) is 25.1. The van der Waals surface area contributed by atoms with Crippen LogP contribution in [0.1, 0.15) is 70.0 Å². The highest BCUT2D eigenvalue weighted by Gasteiger charge is 2.38. The summed E-state index contributed by atoms with van der Waals surface area (Å²) in [6.45, 7) is 11.0. The summed E-state index contributed by atoms with van der Waals surface area (Å²) < 4.78 is 15.5. The maximum Gasteiger partial charge on any atom is 0.351 e. The van der Waals surface area contributed by atoms with Gasteiger partial charge in [-0.15, -0.1) is 11.3 Å². The minimum absolute atomic E-state index is 0.0522. The molecule has 1 fully saturated rings. The monoisotopic (exact) mass is 578 g/mol. The summed E-state index contributed by atoms with van der Waals surface area (Å²) >= 11 is 7.87. The third kappa shape index (κ3) is 8.60. The molecular weight excluding hydrogens is 540 g/mol. The highest BCUT2D eigenvalue weighted by Crippen LogP contribution is 2.48. The Morgan fingerprint density at radius 1 is 1.13 bits per heavy atom. The number of halogens is 1. The lowest BCUT2D eigenvalue weighted by Crippen LogP contribution is -2.40. The third-order valence-electron chi connectivity index (χ3n) is 6.53. The van der Waals surface area contributed by atoms with Gasteiger partial charge in [0.1, 0.15) is 5.02 Å². The molecule has 0 aliphatic heterocycles. The molecule has 0 saturated heterocycles. The number of thiophene rings is 1. The van der Waals surface area contributed by atoms with Gasteiger partial charge >= 0.3 is 11.9 Å². The van der Waals surface area contributed by atoms with E-state index in [1.165, 1.54) is 13.5 Å². The Morgan fingerprint density at radius 2 is 1.82 bits per heavy atom. The maximum absolute atomic E-state index is 12.5. The molecular formula is C29H39ClN2O6S. The van der Waals surface area contributed by atoms with Crippen LogP contribution < -0.4 is 15.4 Å². The number of nitrogens with one attached hydrogen (secondary N) is 2. The number of esters is 2. The van der Waals surface area contributed by atoms with Crippen molar-refractivity contribution in [2.75, 3.05) is 32.2 Å². The molecule has 0 spiro atoms. The molecule has 1 aromatic carbocycles. The fourth-order valence-electron chi connectivity index (χ4n) is 5.60. The first-order valence-electron chi connectivity index (χ1n) is 13.2. The van der Waals surface area contributed by atoms with Crippen molar-refractivity contribution in [1.29, 1.82) is 0 Å². The SMILES string of the molecule is CCOC(=O)CCNC(=O)COc1c(C(=O)OC)sc(-c2cccc(NC3CC(C)(C)CC(C)(C)C3)c2)c1Cl. The Bertz CT molecular complexity index is 1180. The number of carbonyl (C=O) groups is 3. The molecule has 1 saturated carbocycles. The van der Waals surface area contributed by atoms with Gasteiger partial charge in [0, 0.05) is 18.3 Å². The van der Waals surface area contributed by atoms with E-state index in [4.69, 9.17) is 25.8 Å². The van der Waals surface area contributed by atoms with Crippen LogP contribution in [0.2, 0.25) is 5.02 Å². The van der Waals surface area contributed by atoms with Gasteiger partial charge in [0.05, 0.1) is 25.0 Å². The highest BCUT2D eigenvalue weighted by atomic mass is 35.5. The predicted molar refractivity (Wildman–Crippen MR) is 155 cm³/mol. The van der Waals surface area contributed by atoms with Gasteiger partial charge in [-0.3, -0.25) is 9.59 Å². The van der Waals surface area contributed by atoms with Crippen molar-refractivity contribution in [3.63, 3.8) is 0 Å². The molecule has 1 aliphatic rings. The van der Waals surface area contributed by atoms with Gasteiger partial charge in [-0.1, -0.05) is 51.4 Å². The Kier molecular flexibility index (Phi) is 10.3. The van der Waals surface area contributed by atoms with E-state index in [2.05, 4.69) is 38.3 Å². The van der Waals surface area contributed by atoms with Crippen LogP contribution in [0.25, 0.3) is 10.4 Å². The van der Waals surface area contributed by atoms with Crippen molar-refractivity contribution in [3.8, 4) is 16.2 Å². The van der Waals surface area contributed by atoms with Gasteiger partial charge in [0.2, 0.25) is 0 Å². The molecule has 1 heterocycles. The molecule has 2 N–H and O–H groups in total. The highest BCUT2D eigenvalue weighted by molar-refractivity contribution is 7.18. The number of benzene rings is 1. The van der Waals surface area contributed by atoms with Crippen LogP contribution in [-0.4, -0.2) is 50.8 Å². The van der Waals surface area contributed by atoms with E-state index >= 15 is 0 Å².